The molecule has 2 aromatic heterocycles. The Kier molecular flexibility index (Phi) is 3.96. The number of rotatable bonds is 4. The fraction of sp³-hybridized carbons (Fsp3) is 0.118. The molecule has 1 aromatic carbocycles. The molecule has 0 aliphatic heterocycles. The van der Waals surface area contributed by atoms with E-state index < -0.39 is 0 Å². The first kappa shape index (κ1) is 14.0. The summed E-state index contributed by atoms with van der Waals surface area (Å²) in [5, 5.41) is 9.82. The van der Waals surface area contributed by atoms with Gasteiger partial charge < -0.3 is 5.32 Å². The fourth-order valence-electron chi connectivity index (χ4n) is 2.14. The minimum atomic E-state index is -0.0865. The number of H-pyrrole nitrogens is 1. The number of carbonyl (C=O) groups is 1. The van der Waals surface area contributed by atoms with Crippen molar-refractivity contribution in [3.8, 4) is 11.3 Å². The zero-order chi connectivity index (χ0) is 15.4. The van der Waals surface area contributed by atoms with Crippen LogP contribution in [0.4, 0.5) is 5.82 Å². The predicted molar refractivity (Wildman–Crippen MR) is 85.3 cm³/mol. The fourth-order valence-corrected chi connectivity index (χ4v) is 2.14. The number of carbonyl (C=O) groups excluding carboxylic acids is 1. The number of benzene rings is 1. The highest BCUT2D eigenvalue weighted by Gasteiger charge is 2.08. The summed E-state index contributed by atoms with van der Waals surface area (Å²) in [5.41, 5.74) is 3.97. The lowest BCUT2D eigenvalue weighted by atomic mass is 10.1. The number of amides is 1. The number of aryl methyl sites for hydroxylation is 1. The van der Waals surface area contributed by atoms with Crippen LogP contribution < -0.4 is 5.32 Å². The zero-order valence-corrected chi connectivity index (χ0v) is 12.2. The summed E-state index contributed by atoms with van der Waals surface area (Å²) in [6, 6.07) is 13.5. The van der Waals surface area contributed by atoms with E-state index in [1.54, 1.807) is 12.4 Å². The van der Waals surface area contributed by atoms with E-state index in [-0.39, 0.29) is 5.91 Å². The van der Waals surface area contributed by atoms with Crippen LogP contribution in [0.15, 0.2) is 54.9 Å². The number of aromatic nitrogens is 3. The molecule has 1 amide bonds. The van der Waals surface area contributed by atoms with Gasteiger partial charge in [0.05, 0.1) is 12.1 Å². The molecule has 3 aromatic rings. The van der Waals surface area contributed by atoms with Crippen molar-refractivity contribution in [3.63, 3.8) is 0 Å². The number of aromatic amines is 1. The number of pyridine rings is 1. The molecule has 22 heavy (non-hydrogen) atoms. The molecule has 5 nitrogen and oxygen atoms in total. The maximum absolute atomic E-state index is 12.0. The van der Waals surface area contributed by atoms with Gasteiger partial charge in [-0.3, -0.25) is 14.9 Å². The predicted octanol–water partition coefficient (Wildman–Crippen LogP) is 2.96. The third-order valence-electron chi connectivity index (χ3n) is 3.32. The van der Waals surface area contributed by atoms with Crippen molar-refractivity contribution in [1.29, 1.82) is 0 Å². The van der Waals surface area contributed by atoms with Gasteiger partial charge in [0.25, 0.3) is 0 Å². The second-order valence-corrected chi connectivity index (χ2v) is 5.11. The normalized spacial score (nSPS) is 10.4. The van der Waals surface area contributed by atoms with Crippen molar-refractivity contribution in [2.45, 2.75) is 13.3 Å². The summed E-state index contributed by atoms with van der Waals surface area (Å²) in [4.78, 5) is 16.0. The summed E-state index contributed by atoms with van der Waals surface area (Å²) in [5.74, 6) is 0.431. The second-order valence-electron chi connectivity index (χ2n) is 5.11. The first-order chi connectivity index (χ1) is 10.7. The SMILES string of the molecule is Cc1ccc(CC(=O)Nc2cc(-c3ccncc3)[nH]n2)cc1. The van der Waals surface area contributed by atoms with Crippen LogP contribution in [0.25, 0.3) is 11.3 Å². The van der Waals surface area contributed by atoms with Crippen LogP contribution >= 0.6 is 0 Å². The maximum atomic E-state index is 12.0. The topological polar surface area (TPSA) is 70.7 Å². The Morgan fingerprint density at radius 3 is 2.59 bits per heavy atom. The van der Waals surface area contributed by atoms with E-state index in [1.807, 2.05) is 49.4 Å². The van der Waals surface area contributed by atoms with E-state index in [9.17, 15) is 4.79 Å². The molecule has 0 aliphatic carbocycles. The van der Waals surface area contributed by atoms with Gasteiger partial charge in [-0.15, -0.1) is 0 Å². The smallest absolute Gasteiger partial charge is 0.229 e. The Balaban J connectivity index is 1.65. The molecular formula is C17H16N4O. The molecule has 0 unspecified atom stereocenters. The van der Waals surface area contributed by atoms with Gasteiger partial charge in [0.2, 0.25) is 5.91 Å². The molecule has 0 aliphatic rings. The molecule has 5 heteroatoms. The number of anilines is 1. The van der Waals surface area contributed by atoms with Gasteiger partial charge in [-0.2, -0.15) is 5.10 Å². The van der Waals surface area contributed by atoms with Crippen molar-refractivity contribution in [3.05, 3.63) is 66.0 Å². The van der Waals surface area contributed by atoms with Crippen molar-refractivity contribution in [2.24, 2.45) is 0 Å². The summed E-state index contributed by atoms with van der Waals surface area (Å²) in [6.07, 6.45) is 3.76. The highest BCUT2D eigenvalue weighted by Crippen LogP contribution is 2.18. The second kappa shape index (κ2) is 6.22. The number of hydrogen-bond acceptors (Lipinski definition) is 3. The highest BCUT2D eigenvalue weighted by atomic mass is 16.1. The molecule has 2 heterocycles. The minimum absolute atomic E-state index is 0.0865. The lowest BCUT2D eigenvalue weighted by Crippen LogP contribution is -2.14. The van der Waals surface area contributed by atoms with Gasteiger partial charge in [-0.25, -0.2) is 0 Å². The Bertz CT molecular complexity index is 763. The summed E-state index contributed by atoms with van der Waals surface area (Å²) < 4.78 is 0. The first-order valence-electron chi connectivity index (χ1n) is 7.02. The Hall–Kier alpha value is -2.95. The molecule has 0 spiro atoms. The molecular weight excluding hydrogens is 276 g/mol. The van der Waals surface area contributed by atoms with Gasteiger partial charge in [-0.1, -0.05) is 29.8 Å². The van der Waals surface area contributed by atoms with Crippen LogP contribution in [-0.4, -0.2) is 21.1 Å². The Morgan fingerprint density at radius 2 is 1.86 bits per heavy atom. The van der Waals surface area contributed by atoms with Gasteiger partial charge in [0.15, 0.2) is 5.82 Å². The van der Waals surface area contributed by atoms with E-state index in [0.717, 1.165) is 16.8 Å². The largest absolute Gasteiger partial charge is 0.309 e. The average Bonchev–Trinajstić information content (AvgIpc) is 2.99. The Labute approximate surface area is 128 Å². The van der Waals surface area contributed by atoms with Crippen molar-refractivity contribution in [2.75, 3.05) is 5.32 Å². The van der Waals surface area contributed by atoms with Crippen LogP contribution in [0.3, 0.4) is 0 Å². The lowest BCUT2D eigenvalue weighted by Gasteiger charge is -2.02. The summed E-state index contributed by atoms with van der Waals surface area (Å²) in [7, 11) is 0. The number of hydrogen-bond donors (Lipinski definition) is 2. The quantitative estimate of drug-likeness (QED) is 0.776. The summed E-state index contributed by atoms with van der Waals surface area (Å²) in [6.45, 7) is 2.02. The van der Waals surface area contributed by atoms with Gasteiger partial charge in [-0.05, 0) is 24.6 Å². The van der Waals surface area contributed by atoms with E-state index >= 15 is 0 Å². The minimum Gasteiger partial charge on any atom is -0.309 e. The van der Waals surface area contributed by atoms with Crippen LogP contribution in [0, 0.1) is 6.92 Å². The average molecular weight is 292 g/mol. The van der Waals surface area contributed by atoms with Crippen molar-refractivity contribution in [1.82, 2.24) is 15.2 Å². The molecule has 0 bridgehead atoms. The van der Waals surface area contributed by atoms with E-state index in [2.05, 4.69) is 20.5 Å². The standard InChI is InChI=1S/C17H16N4O/c1-12-2-4-13(5-3-12)10-17(22)19-16-11-15(20-21-16)14-6-8-18-9-7-14/h2-9,11H,10H2,1H3,(H2,19,20,21,22). The molecule has 0 saturated carbocycles. The highest BCUT2D eigenvalue weighted by molar-refractivity contribution is 5.91. The van der Waals surface area contributed by atoms with E-state index in [0.29, 0.717) is 12.2 Å². The molecule has 0 radical (unpaired) electrons. The molecule has 0 atom stereocenters. The van der Waals surface area contributed by atoms with E-state index in [4.69, 9.17) is 0 Å². The third kappa shape index (κ3) is 3.38. The first-order valence-corrected chi connectivity index (χ1v) is 7.02. The molecule has 0 saturated heterocycles. The maximum Gasteiger partial charge on any atom is 0.229 e. The molecule has 3 rings (SSSR count). The molecule has 2 N–H and O–H groups in total. The lowest BCUT2D eigenvalue weighted by molar-refractivity contribution is -0.115. The van der Waals surface area contributed by atoms with Crippen molar-refractivity contribution >= 4 is 11.7 Å². The monoisotopic (exact) mass is 292 g/mol. The third-order valence-corrected chi connectivity index (χ3v) is 3.32. The zero-order valence-electron chi connectivity index (χ0n) is 12.2. The number of nitrogens with one attached hydrogen (secondary N) is 2. The number of nitrogens with zero attached hydrogens (tertiary/aromatic N) is 2. The summed E-state index contributed by atoms with van der Waals surface area (Å²) >= 11 is 0. The van der Waals surface area contributed by atoms with E-state index in [1.165, 1.54) is 5.56 Å². The van der Waals surface area contributed by atoms with Crippen LogP contribution in [0.5, 0.6) is 0 Å². The van der Waals surface area contributed by atoms with Crippen LogP contribution in [0.1, 0.15) is 11.1 Å². The van der Waals surface area contributed by atoms with Crippen LogP contribution in [-0.2, 0) is 11.2 Å². The molecule has 0 fully saturated rings. The molecule has 110 valence electrons. The van der Waals surface area contributed by atoms with Crippen molar-refractivity contribution < 1.29 is 4.79 Å². The van der Waals surface area contributed by atoms with Gasteiger partial charge >= 0.3 is 0 Å². The van der Waals surface area contributed by atoms with Gasteiger partial charge in [0, 0.05) is 24.0 Å². The Morgan fingerprint density at radius 1 is 1.14 bits per heavy atom. The van der Waals surface area contributed by atoms with Crippen LogP contribution in [0.2, 0.25) is 0 Å². The van der Waals surface area contributed by atoms with Gasteiger partial charge in [0.1, 0.15) is 0 Å².